The lowest BCUT2D eigenvalue weighted by Gasteiger charge is -2.36. The number of piperidine rings is 1. The van der Waals surface area contributed by atoms with E-state index < -0.39 is 5.60 Å². The topological polar surface area (TPSA) is 43.8 Å². The van der Waals surface area contributed by atoms with Crippen molar-refractivity contribution in [3.63, 3.8) is 0 Å². The third-order valence-electron chi connectivity index (χ3n) is 4.47. The fourth-order valence-electron chi connectivity index (χ4n) is 3.43. The van der Waals surface area contributed by atoms with Gasteiger partial charge in [-0.25, -0.2) is 0 Å². The van der Waals surface area contributed by atoms with E-state index in [2.05, 4.69) is 9.80 Å². The Morgan fingerprint density at radius 3 is 2.10 bits per heavy atom. The van der Waals surface area contributed by atoms with Gasteiger partial charge in [0, 0.05) is 25.6 Å². The first-order valence-electron chi connectivity index (χ1n) is 8.19. The SMILES string of the molecule is CC(C)(O)CN1CCC(C(=O)N2CCCCCC2)CC1. The molecule has 20 heavy (non-hydrogen) atoms. The fraction of sp³-hybridized carbons (Fsp3) is 0.938. The molecule has 0 bridgehead atoms. The summed E-state index contributed by atoms with van der Waals surface area (Å²) in [6.07, 6.45) is 6.78. The average Bonchev–Trinajstić information content (AvgIpc) is 2.66. The Hall–Kier alpha value is -0.610. The number of amides is 1. The summed E-state index contributed by atoms with van der Waals surface area (Å²) in [6, 6.07) is 0. The summed E-state index contributed by atoms with van der Waals surface area (Å²) < 4.78 is 0. The van der Waals surface area contributed by atoms with Crippen molar-refractivity contribution in [2.45, 2.75) is 58.0 Å². The largest absolute Gasteiger partial charge is 0.389 e. The maximum Gasteiger partial charge on any atom is 0.225 e. The van der Waals surface area contributed by atoms with Gasteiger partial charge < -0.3 is 14.9 Å². The lowest BCUT2D eigenvalue weighted by Crippen LogP contribution is -2.46. The minimum Gasteiger partial charge on any atom is -0.389 e. The molecule has 4 heteroatoms. The van der Waals surface area contributed by atoms with Gasteiger partial charge in [0.25, 0.3) is 0 Å². The Morgan fingerprint density at radius 2 is 1.60 bits per heavy atom. The van der Waals surface area contributed by atoms with E-state index in [4.69, 9.17) is 0 Å². The molecule has 2 aliphatic rings. The van der Waals surface area contributed by atoms with Crippen LogP contribution >= 0.6 is 0 Å². The molecule has 0 saturated carbocycles. The summed E-state index contributed by atoms with van der Waals surface area (Å²) >= 11 is 0. The van der Waals surface area contributed by atoms with Gasteiger partial charge in [0.15, 0.2) is 0 Å². The number of nitrogens with zero attached hydrogens (tertiary/aromatic N) is 2. The number of carbonyl (C=O) groups is 1. The molecule has 1 N–H and O–H groups in total. The van der Waals surface area contributed by atoms with Gasteiger partial charge in [-0.2, -0.15) is 0 Å². The molecule has 0 aromatic rings. The molecule has 116 valence electrons. The molecule has 1 amide bonds. The van der Waals surface area contributed by atoms with Crippen LogP contribution in [0.25, 0.3) is 0 Å². The number of hydrogen-bond acceptors (Lipinski definition) is 3. The minimum atomic E-state index is -0.637. The summed E-state index contributed by atoms with van der Waals surface area (Å²) in [4.78, 5) is 16.9. The fourth-order valence-corrected chi connectivity index (χ4v) is 3.43. The summed E-state index contributed by atoms with van der Waals surface area (Å²) in [5.41, 5.74) is -0.637. The lowest BCUT2D eigenvalue weighted by molar-refractivity contribution is -0.137. The van der Waals surface area contributed by atoms with Crippen molar-refractivity contribution in [2.75, 3.05) is 32.7 Å². The van der Waals surface area contributed by atoms with E-state index in [0.717, 1.165) is 39.0 Å². The number of β-amino-alcohol motifs (C(OH)–C–C–N with tert-alkyl or cyclic N) is 1. The molecule has 4 nitrogen and oxygen atoms in total. The van der Waals surface area contributed by atoms with Gasteiger partial charge in [-0.05, 0) is 52.6 Å². The summed E-state index contributed by atoms with van der Waals surface area (Å²) in [5.74, 6) is 0.598. The van der Waals surface area contributed by atoms with Crippen molar-refractivity contribution in [1.82, 2.24) is 9.80 Å². The number of rotatable bonds is 3. The van der Waals surface area contributed by atoms with Gasteiger partial charge in [-0.3, -0.25) is 4.79 Å². The van der Waals surface area contributed by atoms with Gasteiger partial charge in [0.1, 0.15) is 0 Å². The third kappa shape index (κ3) is 4.74. The number of hydrogen-bond donors (Lipinski definition) is 1. The predicted octanol–water partition coefficient (Wildman–Crippen LogP) is 1.87. The Bertz CT molecular complexity index is 309. The Kier molecular flexibility index (Phi) is 5.44. The van der Waals surface area contributed by atoms with E-state index in [0.29, 0.717) is 12.5 Å². The van der Waals surface area contributed by atoms with Crippen LogP contribution in [0.4, 0.5) is 0 Å². The van der Waals surface area contributed by atoms with Crippen molar-refractivity contribution in [3.8, 4) is 0 Å². The average molecular weight is 282 g/mol. The molecule has 2 rings (SSSR count). The molecule has 2 heterocycles. The normalized spacial score (nSPS) is 23.6. The molecule has 0 atom stereocenters. The quantitative estimate of drug-likeness (QED) is 0.859. The van der Waals surface area contributed by atoms with E-state index in [-0.39, 0.29) is 5.92 Å². The molecule has 0 aliphatic carbocycles. The van der Waals surface area contributed by atoms with Crippen LogP contribution in [-0.2, 0) is 4.79 Å². The van der Waals surface area contributed by atoms with E-state index >= 15 is 0 Å². The van der Waals surface area contributed by atoms with Gasteiger partial charge in [-0.1, -0.05) is 12.8 Å². The molecule has 0 radical (unpaired) electrons. The van der Waals surface area contributed by atoms with Crippen LogP contribution < -0.4 is 0 Å². The highest BCUT2D eigenvalue weighted by Crippen LogP contribution is 2.22. The maximum atomic E-state index is 12.6. The summed E-state index contributed by atoms with van der Waals surface area (Å²) in [7, 11) is 0. The molecule has 2 fully saturated rings. The predicted molar refractivity (Wildman–Crippen MR) is 80.5 cm³/mol. The lowest BCUT2D eigenvalue weighted by atomic mass is 9.94. The first-order valence-corrected chi connectivity index (χ1v) is 8.19. The zero-order chi connectivity index (χ0) is 14.6. The first-order chi connectivity index (χ1) is 9.46. The molecular weight excluding hydrogens is 252 g/mol. The summed E-state index contributed by atoms with van der Waals surface area (Å²) in [5, 5.41) is 9.86. The molecule has 2 saturated heterocycles. The second-order valence-electron chi connectivity index (χ2n) is 7.10. The zero-order valence-corrected chi connectivity index (χ0v) is 13.1. The molecule has 0 aromatic heterocycles. The van der Waals surface area contributed by atoms with Crippen molar-refractivity contribution in [3.05, 3.63) is 0 Å². The van der Waals surface area contributed by atoms with Crippen LogP contribution in [0.3, 0.4) is 0 Å². The van der Waals surface area contributed by atoms with Crippen LogP contribution in [0.2, 0.25) is 0 Å². The standard InChI is InChI=1S/C16H30N2O2/c1-16(2,20)13-17-11-7-14(8-12-17)15(19)18-9-5-3-4-6-10-18/h14,20H,3-13H2,1-2H3. The molecule has 0 spiro atoms. The first kappa shape index (κ1) is 15.8. The highest BCUT2D eigenvalue weighted by atomic mass is 16.3. The van der Waals surface area contributed by atoms with Crippen molar-refractivity contribution >= 4 is 5.91 Å². The zero-order valence-electron chi connectivity index (χ0n) is 13.1. The van der Waals surface area contributed by atoms with Crippen LogP contribution in [0, 0.1) is 5.92 Å². The second kappa shape index (κ2) is 6.90. The molecule has 0 unspecified atom stereocenters. The summed E-state index contributed by atoms with van der Waals surface area (Å²) in [6.45, 7) is 8.20. The van der Waals surface area contributed by atoms with Crippen LogP contribution in [-0.4, -0.2) is 59.1 Å². The second-order valence-corrected chi connectivity index (χ2v) is 7.10. The van der Waals surface area contributed by atoms with E-state index in [9.17, 15) is 9.90 Å². The van der Waals surface area contributed by atoms with Gasteiger partial charge in [0.2, 0.25) is 5.91 Å². The number of likely N-dealkylation sites (tertiary alicyclic amines) is 2. The van der Waals surface area contributed by atoms with Gasteiger partial charge in [0.05, 0.1) is 5.60 Å². The van der Waals surface area contributed by atoms with Crippen molar-refractivity contribution < 1.29 is 9.90 Å². The van der Waals surface area contributed by atoms with E-state index in [1.165, 1.54) is 25.7 Å². The van der Waals surface area contributed by atoms with Gasteiger partial charge in [-0.15, -0.1) is 0 Å². The highest BCUT2D eigenvalue weighted by molar-refractivity contribution is 5.79. The number of carbonyl (C=O) groups excluding carboxylic acids is 1. The Labute approximate surface area is 123 Å². The van der Waals surface area contributed by atoms with Crippen LogP contribution in [0.5, 0.6) is 0 Å². The van der Waals surface area contributed by atoms with Crippen molar-refractivity contribution in [1.29, 1.82) is 0 Å². The monoisotopic (exact) mass is 282 g/mol. The van der Waals surface area contributed by atoms with Crippen LogP contribution in [0.1, 0.15) is 52.4 Å². The van der Waals surface area contributed by atoms with E-state index in [1.54, 1.807) is 0 Å². The van der Waals surface area contributed by atoms with Crippen LogP contribution in [0.15, 0.2) is 0 Å². The Balaban J connectivity index is 1.79. The number of aliphatic hydroxyl groups is 1. The molecule has 2 aliphatic heterocycles. The third-order valence-corrected chi connectivity index (χ3v) is 4.47. The van der Waals surface area contributed by atoms with Crippen molar-refractivity contribution in [2.24, 2.45) is 5.92 Å². The smallest absolute Gasteiger partial charge is 0.225 e. The Morgan fingerprint density at radius 1 is 1.05 bits per heavy atom. The molecular formula is C16H30N2O2. The minimum absolute atomic E-state index is 0.214. The van der Waals surface area contributed by atoms with Gasteiger partial charge >= 0.3 is 0 Å². The molecule has 0 aromatic carbocycles. The highest BCUT2D eigenvalue weighted by Gasteiger charge is 2.30. The van der Waals surface area contributed by atoms with E-state index in [1.807, 2.05) is 13.8 Å². The maximum absolute atomic E-state index is 12.6.